The van der Waals surface area contributed by atoms with E-state index in [1.165, 1.54) is 17.1 Å². The molecule has 0 radical (unpaired) electrons. The Hall–Kier alpha value is -3.86. The lowest BCUT2D eigenvalue weighted by Gasteiger charge is -2.40. The molecule has 0 unspecified atom stereocenters. The number of aromatic nitrogens is 5. The molecule has 4 aromatic rings. The minimum absolute atomic E-state index is 0.225. The number of rotatable bonds is 5. The molecule has 0 amide bonds. The molecule has 5 rings (SSSR count). The van der Waals surface area contributed by atoms with Crippen molar-refractivity contribution < 1.29 is 9.90 Å². The van der Waals surface area contributed by atoms with Crippen LogP contribution in [0.2, 0.25) is 0 Å². The molecule has 11 heteroatoms. The number of carboxylic acids is 1. The average molecular weight is 449 g/mol. The second kappa shape index (κ2) is 7.68. The summed E-state index contributed by atoms with van der Waals surface area (Å²) in [6, 6.07) is 6.01. The first-order valence-electron chi connectivity index (χ1n) is 9.92. The number of nitrogens with zero attached hydrogens (tertiary/aromatic N) is 6. The number of hydrogen-bond acceptors (Lipinski definition) is 9. The molecule has 1 fully saturated rings. The molecular weight excluding hydrogens is 430 g/mol. The van der Waals surface area contributed by atoms with Crippen LogP contribution in [-0.2, 0) is 0 Å². The first-order valence-corrected chi connectivity index (χ1v) is 10.7. The van der Waals surface area contributed by atoms with E-state index in [-0.39, 0.29) is 17.0 Å². The van der Waals surface area contributed by atoms with E-state index >= 15 is 0 Å². The molecule has 0 bridgehead atoms. The van der Waals surface area contributed by atoms with Gasteiger partial charge in [0.1, 0.15) is 23.5 Å². The SMILES string of the molecule is Cc1ccc(NC2CN(c3cc(C)c4c(=O)c(C(=O)O)cn(-c5ncns5)c4n3)C2)nc1. The van der Waals surface area contributed by atoms with Gasteiger partial charge in [-0.25, -0.2) is 19.7 Å². The first kappa shape index (κ1) is 20.1. The highest BCUT2D eigenvalue weighted by atomic mass is 32.1. The molecule has 2 N–H and O–H groups in total. The third-order valence-electron chi connectivity index (χ3n) is 5.40. The summed E-state index contributed by atoms with van der Waals surface area (Å²) in [5.41, 5.74) is 1.24. The minimum Gasteiger partial charge on any atom is -0.477 e. The molecular formula is C21H19N7O3S. The standard InChI is InChI=1S/C21H19N7O3S/c1-11-3-4-15(22-6-11)25-13-7-27(8-13)16-5-12(2)17-18(29)14(20(30)31)9-28(19(17)26-16)21-23-10-24-32-21/h3-6,9-10,13H,7-8H2,1-2H3,(H,22,25)(H,30,31). The van der Waals surface area contributed by atoms with E-state index in [2.05, 4.69) is 24.6 Å². The molecule has 0 aromatic carbocycles. The fraction of sp³-hybridized carbons (Fsp3) is 0.238. The van der Waals surface area contributed by atoms with Gasteiger partial charge in [-0.1, -0.05) is 6.07 Å². The van der Waals surface area contributed by atoms with Gasteiger partial charge in [-0.15, -0.1) is 0 Å². The number of aromatic carboxylic acids is 1. The molecule has 1 saturated heterocycles. The molecule has 0 aliphatic carbocycles. The molecule has 32 heavy (non-hydrogen) atoms. The number of carboxylic acid groups (broad SMARTS) is 1. The van der Waals surface area contributed by atoms with Crippen LogP contribution in [0.15, 0.2) is 41.7 Å². The number of anilines is 2. The predicted octanol–water partition coefficient (Wildman–Crippen LogP) is 2.25. The van der Waals surface area contributed by atoms with Crippen LogP contribution in [0.25, 0.3) is 16.2 Å². The highest BCUT2D eigenvalue weighted by molar-refractivity contribution is 7.08. The van der Waals surface area contributed by atoms with Crippen LogP contribution in [0, 0.1) is 13.8 Å². The summed E-state index contributed by atoms with van der Waals surface area (Å²) in [7, 11) is 0. The topological polar surface area (TPSA) is 126 Å². The maximum absolute atomic E-state index is 12.9. The van der Waals surface area contributed by atoms with E-state index in [1.54, 1.807) is 6.92 Å². The zero-order valence-corrected chi connectivity index (χ0v) is 18.1. The molecule has 0 saturated carbocycles. The van der Waals surface area contributed by atoms with Crippen molar-refractivity contribution in [2.75, 3.05) is 23.3 Å². The summed E-state index contributed by atoms with van der Waals surface area (Å²) in [6.45, 7) is 5.24. The van der Waals surface area contributed by atoms with Crippen LogP contribution in [0.4, 0.5) is 11.6 Å². The summed E-state index contributed by atoms with van der Waals surface area (Å²) in [5, 5.41) is 13.6. The zero-order valence-electron chi connectivity index (χ0n) is 17.3. The average Bonchev–Trinajstić information content (AvgIpc) is 3.26. The van der Waals surface area contributed by atoms with Crippen LogP contribution in [0.1, 0.15) is 21.5 Å². The van der Waals surface area contributed by atoms with Crippen LogP contribution >= 0.6 is 11.5 Å². The Balaban J connectivity index is 1.50. The lowest BCUT2D eigenvalue weighted by Crippen LogP contribution is -2.55. The first-order chi connectivity index (χ1) is 15.4. The Bertz CT molecular complexity index is 1380. The van der Waals surface area contributed by atoms with E-state index in [0.717, 1.165) is 36.0 Å². The maximum atomic E-state index is 12.9. The Morgan fingerprint density at radius 2 is 2.06 bits per heavy atom. The lowest BCUT2D eigenvalue weighted by atomic mass is 10.1. The Morgan fingerprint density at radius 3 is 2.72 bits per heavy atom. The maximum Gasteiger partial charge on any atom is 0.341 e. The number of carbonyl (C=O) groups is 1. The third-order valence-corrected chi connectivity index (χ3v) is 6.06. The number of fused-ring (bicyclic) bond motifs is 1. The molecule has 1 aliphatic heterocycles. The van der Waals surface area contributed by atoms with Gasteiger partial charge in [-0.3, -0.25) is 9.36 Å². The van der Waals surface area contributed by atoms with Gasteiger partial charge in [0.25, 0.3) is 0 Å². The highest BCUT2D eigenvalue weighted by Crippen LogP contribution is 2.27. The molecule has 10 nitrogen and oxygen atoms in total. The second-order valence-corrected chi connectivity index (χ2v) is 8.49. The van der Waals surface area contributed by atoms with Crippen LogP contribution in [0.5, 0.6) is 0 Å². The fourth-order valence-corrected chi connectivity index (χ4v) is 4.24. The predicted molar refractivity (Wildman–Crippen MR) is 121 cm³/mol. The molecule has 1 aliphatic rings. The molecule has 4 aromatic heterocycles. The quantitative estimate of drug-likeness (QED) is 0.472. The minimum atomic E-state index is -1.29. The fourth-order valence-electron chi connectivity index (χ4n) is 3.73. The van der Waals surface area contributed by atoms with Crippen molar-refractivity contribution in [2.45, 2.75) is 19.9 Å². The number of nitrogens with one attached hydrogen (secondary N) is 1. The van der Waals surface area contributed by atoms with Gasteiger partial charge in [0.15, 0.2) is 5.65 Å². The lowest BCUT2D eigenvalue weighted by molar-refractivity contribution is 0.0695. The number of hydrogen-bond donors (Lipinski definition) is 2. The largest absolute Gasteiger partial charge is 0.477 e. The van der Waals surface area contributed by atoms with Crippen molar-refractivity contribution in [3.8, 4) is 5.13 Å². The molecule has 5 heterocycles. The van der Waals surface area contributed by atoms with Crippen molar-refractivity contribution in [2.24, 2.45) is 0 Å². The Morgan fingerprint density at radius 1 is 1.25 bits per heavy atom. The second-order valence-electron chi connectivity index (χ2n) is 7.73. The van der Waals surface area contributed by atoms with Crippen molar-refractivity contribution in [3.63, 3.8) is 0 Å². The van der Waals surface area contributed by atoms with Gasteiger partial charge in [0.2, 0.25) is 10.6 Å². The van der Waals surface area contributed by atoms with Gasteiger partial charge in [-0.2, -0.15) is 4.37 Å². The Kier molecular flexibility index (Phi) is 4.82. The normalized spacial score (nSPS) is 13.9. The van der Waals surface area contributed by atoms with E-state index in [4.69, 9.17) is 4.98 Å². The third kappa shape index (κ3) is 3.46. The van der Waals surface area contributed by atoms with Crippen molar-refractivity contribution >= 4 is 40.2 Å². The monoisotopic (exact) mass is 449 g/mol. The van der Waals surface area contributed by atoms with Gasteiger partial charge in [0, 0.05) is 37.0 Å². The number of pyridine rings is 3. The van der Waals surface area contributed by atoms with Gasteiger partial charge < -0.3 is 15.3 Å². The van der Waals surface area contributed by atoms with E-state index < -0.39 is 11.4 Å². The van der Waals surface area contributed by atoms with Gasteiger partial charge in [-0.05, 0) is 37.1 Å². The zero-order chi connectivity index (χ0) is 22.4. The van der Waals surface area contributed by atoms with Crippen molar-refractivity contribution in [3.05, 3.63) is 63.8 Å². The van der Waals surface area contributed by atoms with Crippen LogP contribution in [-0.4, -0.2) is 54.1 Å². The summed E-state index contributed by atoms with van der Waals surface area (Å²) in [4.78, 5) is 39.9. The molecule has 162 valence electrons. The smallest absolute Gasteiger partial charge is 0.341 e. The van der Waals surface area contributed by atoms with Crippen molar-refractivity contribution in [1.29, 1.82) is 0 Å². The van der Waals surface area contributed by atoms with Crippen LogP contribution < -0.4 is 15.6 Å². The highest BCUT2D eigenvalue weighted by Gasteiger charge is 2.29. The number of aryl methyl sites for hydroxylation is 2. The van der Waals surface area contributed by atoms with E-state index in [0.29, 0.717) is 22.2 Å². The van der Waals surface area contributed by atoms with Gasteiger partial charge in [0.05, 0.1) is 11.4 Å². The van der Waals surface area contributed by atoms with E-state index in [1.807, 2.05) is 31.3 Å². The molecule has 0 spiro atoms. The summed E-state index contributed by atoms with van der Waals surface area (Å²) < 4.78 is 5.52. The van der Waals surface area contributed by atoms with Crippen molar-refractivity contribution in [1.82, 2.24) is 23.9 Å². The summed E-state index contributed by atoms with van der Waals surface area (Å²) >= 11 is 1.10. The van der Waals surface area contributed by atoms with Gasteiger partial charge >= 0.3 is 5.97 Å². The Labute approximate surface area is 186 Å². The van der Waals surface area contributed by atoms with E-state index in [9.17, 15) is 14.7 Å². The summed E-state index contributed by atoms with van der Waals surface area (Å²) in [6.07, 6.45) is 4.48. The molecule has 0 atom stereocenters. The van der Waals surface area contributed by atoms with Crippen LogP contribution in [0.3, 0.4) is 0 Å². The summed E-state index contributed by atoms with van der Waals surface area (Å²) in [5.74, 6) is 0.250.